The second-order valence-electron chi connectivity index (χ2n) is 6.24. The normalized spacial score (nSPS) is 18.1. The maximum absolute atomic E-state index is 12.6. The molecule has 1 saturated heterocycles. The number of aryl methyl sites for hydroxylation is 1. The van der Waals surface area contributed by atoms with Crippen LogP contribution in [0.5, 0.6) is 5.75 Å². The third kappa shape index (κ3) is 3.83. The largest absolute Gasteiger partial charge is 0.495 e. The van der Waals surface area contributed by atoms with Crippen molar-refractivity contribution >= 4 is 40.4 Å². The van der Waals surface area contributed by atoms with Gasteiger partial charge in [0.25, 0.3) is 0 Å². The highest BCUT2D eigenvalue weighted by Crippen LogP contribution is 2.35. The summed E-state index contributed by atoms with van der Waals surface area (Å²) in [5.74, 6) is -0.147. The van der Waals surface area contributed by atoms with E-state index in [1.807, 2.05) is 19.2 Å². The quantitative estimate of drug-likeness (QED) is 0.845. The summed E-state index contributed by atoms with van der Waals surface area (Å²) in [7, 11) is 1.54. The fraction of sp³-hybridized carbons (Fsp3) is 0.389. The molecule has 1 aromatic heterocycles. The molecule has 0 spiro atoms. The maximum Gasteiger partial charge on any atom is 0.227 e. The number of nitrogens with one attached hydrogen (secondary N) is 1. The molecule has 2 unspecified atom stereocenters. The Morgan fingerprint density at radius 3 is 2.92 bits per heavy atom. The SMILES string of the molecule is COc1ccc(Cl)cc1N1CC(C(=O)NC(C)c2csc(C)n2)CC1=O. The predicted molar refractivity (Wildman–Crippen MR) is 102 cm³/mol. The molecule has 26 heavy (non-hydrogen) atoms. The lowest BCUT2D eigenvalue weighted by atomic mass is 10.1. The highest BCUT2D eigenvalue weighted by molar-refractivity contribution is 7.09. The second-order valence-corrected chi connectivity index (χ2v) is 7.74. The van der Waals surface area contributed by atoms with Gasteiger partial charge in [-0.25, -0.2) is 4.98 Å². The van der Waals surface area contributed by atoms with Crippen LogP contribution >= 0.6 is 22.9 Å². The second kappa shape index (κ2) is 7.63. The van der Waals surface area contributed by atoms with Gasteiger partial charge in [0, 0.05) is 23.4 Å². The summed E-state index contributed by atoms with van der Waals surface area (Å²) in [5, 5.41) is 6.35. The summed E-state index contributed by atoms with van der Waals surface area (Å²) in [4.78, 5) is 31.0. The molecule has 1 fully saturated rings. The molecule has 0 saturated carbocycles. The Balaban J connectivity index is 1.71. The third-order valence-electron chi connectivity index (χ3n) is 4.37. The van der Waals surface area contributed by atoms with Crippen molar-refractivity contribution < 1.29 is 14.3 Å². The van der Waals surface area contributed by atoms with Crippen LogP contribution < -0.4 is 15.0 Å². The highest BCUT2D eigenvalue weighted by atomic mass is 35.5. The van der Waals surface area contributed by atoms with Gasteiger partial charge in [0.05, 0.1) is 35.5 Å². The number of hydrogen-bond donors (Lipinski definition) is 1. The van der Waals surface area contributed by atoms with Crippen LogP contribution in [0.25, 0.3) is 0 Å². The van der Waals surface area contributed by atoms with E-state index in [1.165, 1.54) is 7.11 Å². The van der Waals surface area contributed by atoms with Gasteiger partial charge in [-0.1, -0.05) is 11.6 Å². The van der Waals surface area contributed by atoms with Gasteiger partial charge >= 0.3 is 0 Å². The number of hydrogen-bond acceptors (Lipinski definition) is 5. The number of carbonyl (C=O) groups is 2. The number of ether oxygens (including phenoxy) is 1. The summed E-state index contributed by atoms with van der Waals surface area (Å²) >= 11 is 7.60. The van der Waals surface area contributed by atoms with E-state index in [2.05, 4.69) is 10.3 Å². The Hall–Kier alpha value is -2.12. The van der Waals surface area contributed by atoms with Crippen LogP contribution in [-0.4, -0.2) is 30.5 Å². The first-order valence-electron chi connectivity index (χ1n) is 8.25. The molecule has 6 nitrogen and oxygen atoms in total. The van der Waals surface area contributed by atoms with E-state index in [1.54, 1.807) is 34.4 Å². The molecular weight excluding hydrogens is 374 g/mol. The van der Waals surface area contributed by atoms with Crippen LogP contribution in [0.1, 0.15) is 30.1 Å². The van der Waals surface area contributed by atoms with Gasteiger partial charge in [-0.05, 0) is 32.0 Å². The molecule has 1 aliphatic heterocycles. The smallest absolute Gasteiger partial charge is 0.227 e. The first-order chi connectivity index (χ1) is 12.4. The minimum atomic E-state index is -0.423. The number of benzene rings is 1. The van der Waals surface area contributed by atoms with E-state index in [-0.39, 0.29) is 24.3 Å². The number of carbonyl (C=O) groups excluding carboxylic acids is 2. The van der Waals surface area contributed by atoms with E-state index < -0.39 is 5.92 Å². The topological polar surface area (TPSA) is 71.5 Å². The molecule has 0 radical (unpaired) electrons. The van der Waals surface area contributed by atoms with Gasteiger partial charge < -0.3 is 15.0 Å². The van der Waals surface area contributed by atoms with E-state index in [0.717, 1.165) is 10.7 Å². The average molecular weight is 394 g/mol. The Morgan fingerprint density at radius 2 is 2.27 bits per heavy atom. The molecule has 2 heterocycles. The highest BCUT2D eigenvalue weighted by Gasteiger charge is 2.36. The lowest BCUT2D eigenvalue weighted by Gasteiger charge is -2.20. The van der Waals surface area contributed by atoms with Crippen LogP contribution in [0.3, 0.4) is 0 Å². The van der Waals surface area contributed by atoms with Crippen LogP contribution in [0.15, 0.2) is 23.6 Å². The zero-order chi connectivity index (χ0) is 18.8. The van der Waals surface area contributed by atoms with Gasteiger partial charge in [-0.15, -0.1) is 11.3 Å². The van der Waals surface area contributed by atoms with Crippen LogP contribution in [-0.2, 0) is 9.59 Å². The maximum atomic E-state index is 12.6. The van der Waals surface area contributed by atoms with Crippen molar-refractivity contribution in [2.45, 2.75) is 26.3 Å². The molecule has 138 valence electrons. The number of anilines is 1. The first kappa shape index (κ1) is 18.7. The summed E-state index contributed by atoms with van der Waals surface area (Å²) in [5.41, 5.74) is 1.42. The zero-order valence-electron chi connectivity index (χ0n) is 14.8. The molecular formula is C18H20ClN3O3S. The number of halogens is 1. The van der Waals surface area contributed by atoms with Gasteiger partial charge in [0.2, 0.25) is 11.8 Å². The minimum Gasteiger partial charge on any atom is -0.495 e. The first-order valence-corrected chi connectivity index (χ1v) is 9.51. The van der Waals surface area contributed by atoms with Gasteiger partial charge in [0.15, 0.2) is 0 Å². The number of aromatic nitrogens is 1. The van der Waals surface area contributed by atoms with Crippen molar-refractivity contribution in [3.8, 4) is 5.75 Å². The van der Waals surface area contributed by atoms with Crippen molar-refractivity contribution in [3.05, 3.63) is 39.3 Å². The summed E-state index contributed by atoms with van der Waals surface area (Å²) in [6, 6.07) is 4.90. The van der Waals surface area contributed by atoms with Crippen molar-refractivity contribution in [2.24, 2.45) is 5.92 Å². The van der Waals surface area contributed by atoms with E-state index in [0.29, 0.717) is 23.0 Å². The summed E-state index contributed by atoms with van der Waals surface area (Å²) < 4.78 is 5.32. The van der Waals surface area contributed by atoms with Crippen LogP contribution in [0.4, 0.5) is 5.69 Å². The fourth-order valence-corrected chi connectivity index (χ4v) is 3.85. The molecule has 1 N–H and O–H groups in total. The Labute approximate surface area is 161 Å². The number of rotatable bonds is 5. The molecule has 3 rings (SSSR count). The molecule has 1 aliphatic rings. The monoisotopic (exact) mass is 393 g/mol. The number of thiazole rings is 1. The van der Waals surface area contributed by atoms with Crippen LogP contribution in [0.2, 0.25) is 5.02 Å². The summed E-state index contributed by atoms with van der Waals surface area (Å²) in [6.07, 6.45) is 0.157. The lowest BCUT2D eigenvalue weighted by molar-refractivity contribution is -0.126. The van der Waals surface area contributed by atoms with Crippen molar-refractivity contribution in [1.82, 2.24) is 10.3 Å². The Morgan fingerprint density at radius 1 is 1.50 bits per heavy atom. The summed E-state index contributed by atoms with van der Waals surface area (Å²) in [6.45, 7) is 4.11. The Bertz CT molecular complexity index is 839. The van der Waals surface area contributed by atoms with E-state index in [4.69, 9.17) is 16.3 Å². The fourth-order valence-electron chi connectivity index (χ4n) is 2.97. The molecule has 2 aromatic rings. The van der Waals surface area contributed by atoms with Crippen molar-refractivity contribution in [2.75, 3.05) is 18.6 Å². The van der Waals surface area contributed by atoms with E-state index >= 15 is 0 Å². The van der Waals surface area contributed by atoms with Gasteiger partial charge in [0.1, 0.15) is 5.75 Å². The Kier molecular flexibility index (Phi) is 5.48. The van der Waals surface area contributed by atoms with Crippen LogP contribution in [0, 0.1) is 12.8 Å². The van der Waals surface area contributed by atoms with Gasteiger partial charge in [-0.3, -0.25) is 9.59 Å². The molecule has 0 bridgehead atoms. The third-order valence-corrected chi connectivity index (χ3v) is 5.39. The van der Waals surface area contributed by atoms with Crippen molar-refractivity contribution in [1.29, 1.82) is 0 Å². The number of amides is 2. The van der Waals surface area contributed by atoms with E-state index in [9.17, 15) is 9.59 Å². The molecule has 1 aromatic carbocycles. The predicted octanol–water partition coefficient (Wildman–Crippen LogP) is 3.34. The molecule has 2 amide bonds. The zero-order valence-corrected chi connectivity index (χ0v) is 16.4. The lowest BCUT2D eigenvalue weighted by Crippen LogP contribution is -2.34. The number of nitrogens with zero attached hydrogens (tertiary/aromatic N) is 2. The molecule has 2 atom stereocenters. The standard InChI is InChI=1S/C18H20ClN3O3S/c1-10(14-9-26-11(2)21-14)20-18(24)12-6-17(23)22(8-12)15-7-13(19)4-5-16(15)25-3/h4-5,7,9-10,12H,6,8H2,1-3H3,(H,20,24). The van der Waals surface area contributed by atoms with Crippen molar-refractivity contribution in [3.63, 3.8) is 0 Å². The minimum absolute atomic E-state index is 0.122. The average Bonchev–Trinajstić information content (AvgIpc) is 3.20. The molecule has 8 heteroatoms. The van der Waals surface area contributed by atoms with Gasteiger partial charge in [-0.2, -0.15) is 0 Å². The molecule has 0 aliphatic carbocycles. The number of methoxy groups -OCH3 is 1.